The third-order valence-electron chi connectivity index (χ3n) is 6.98. The molecule has 1 fully saturated rings. The number of anilines is 2. The van der Waals surface area contributed by atoms with Gasteiger partial charge in [-0.25, -0.2) is 0 Å². The molecular formula is C26H30F3N3OS. The lowest BCUT2D eigenvalue weighted by Gasteiger charge is -2.36. The van der Waals surface area contributed by atoms with Crippen molar-refractivity contribution in [2.24, 2.45) is 10.4 Å². The lowest BCUT2D eigenvalue weighted by atomic mass is 9.71. The molecule has 0 bridgehead atoms. The fraction of sp³-hybridized carbons (Fsp3) is 0.500. The molecule has 4 rings (SSSR count). The number of benzene rings is 2. The molecule has 1 unspecified atom stereocenters. The molecule has 0 radical (unpaired) electrons. The number of aliphatic imine (C=N–C) groups is 1. The van der Waals surface area contributed by atoms with Gasteiger partial charge >= 0.3 is 6.18 Å². The van der Waals surface area contributed by atoms with Crippen molar-refractivity contribution in [3.05, 3.63) is 53.1 Å². The van der Waals surface area contributed by atoms with Crippen LogP contribution >= 0.6 is 12.2 Å². The molecule has 2 aromatic rings. The van der Waals surface area contributed by atoms with Crippen LogP contribution in [0.4, 0.5) is 30.2 Å². The molecule has 1 saturated heterocycles. The lowest BCUT2D eigenvalue weighted by molar-refractivity contribution is -0.138. The summed E-state index contributed by atoms with van der Waals surface area (Å²) in [6, 6.07) is 10.3. The molecule has 2 aliphatic heterocycles. The van der Waals surface area contributed by atoms with Crippen LogP contribution in [-0.2, 0) is 16.3 Å². The van der Waals surface area contributed by atoms with Crippen LogP contribution in [0.1, 0.15) is 56.4 Å². The maximum absolute atomic E-state index is 14.5. The van der Waals surface area contributed by atoms with Gasteiger partial charge in [-0.05, 0) is 67.3 Å². The molecule has 0 saturated carbocycles. The quantitative estimate of drug-likeness (QED) is 0.373. The highest BCUT2D eigenvalue weighted by molar-refractivity contribution is 7.78. The minimum atomic E-state index is -4.47. The topological polar surface area (TPSA) is 36.9 Å². The molecule has 4 nitrogen and oxygen atoms in total. The zero-order chi connectivity index (χ0) is 24.7. The summed E-state index contributed by atoms with van der Waals surface area (Å²) in [5, 5.41) is 5.74. The van der Waals surface area contributed by atoms with Crippen LogP contribution in [0.2, 0.25) is 0 Å². The molecule has 2 aliphatic rings. The summed E-state index contributed by atoms with van der Waals surface area (Å²) in [4.78, 5) is 6.24. The number of ether oxygens (including phenoxy) is 1. The molecule has 0 aromatic heterocycles. The Morgan fingerprint density at radius 3 is 2.38 bits per heavy atom. The van der Waals surface area contributed by atoms with E-state index in [0.29, 0.717) is 49.4 Å². The third kappa shape index (κ3) is 4.29. The van der Waals surface area contributed by atoms with E-state index in [4.69, 9.17) is 17.0 Å². The smallest absolute Gasteiger partial charge is 0.376 e. The number of halogens is 3. The van der Waals surface area contributed by atoms with Crippen LogP contribution in [-0.4, -0.2) is 31.9 Å². The second-order valence-electron chi connectivity index (χ2n) is 10.2. The molecule has 1 spiro atoms. The van der Waals surface area contributed by atoms with Crippen molar-refractivity contribution in [3.63, 3.8) is 0 Å². The Bertz CT molecular complexity index is 1110. The van der Waals surface area contributed by atoms with Crippen LogP contribution in [0.5, 0.6) is 0 Å². The first-order valence-electron chi connectivity index (χ1n) is 11.5. The molecule has 0 aliphatic carbocycles. The van der Waals surface area contributed by atoms with Gasteiger partial charge in [-0.1, -0.05) is 39.0 Å². The number of isothiocyanates is 1. The van der Waals surface area contributed by atoms with Gasteiger partial charge in [0.05, 0.1) is 33.9 Å². The van der Waals surface area contributed by atoms with Crippen molar-refractivity contribution in [2.75, 3.05) is 31.6 Å². The number of alkyl halides is 3. The van der Waals surface area contributed by atoms with Gasteiger partial charge in [0.1, 0.15) is 0 Å². The van der Waals surface area contributed by atoms with E-state index in [1.807, 2.05) is 49.9 Å². The standard InChI is InChI=1S/C26H30F3N3OS/c1-24(2,3)23(33-4)17-9-10-18(26(27,28)29)21-22(17)32(15-25(21)11-13-30-14-12-25)20-8-6-5-7-19(20)31-16-34/h5-10,23,30H,11-15H2,1-4H3. The molecule has 2 aromatic carbocycles. The Morgan fingerprint density at radius 2 is 1.79 bits per heavy atom. The summed E-state index contributed by atoms with van der Waals surface area (Å²) in [5.41, 5.74) is 1.51. The van der Waals surface area contributed by atoms with Crippen molar-refractivity contribution in [1.82, 2.24) is 5.32 Å². The molecule has 2 heterocycles. The summed E-state index contributed by atoms with van der Waals surface area (Å²) in [6.07, 6.45) is -3.62. The van der Waals surface area contributed by atoms with Crippen molar-refractivity contribution in [3.8, 4) is 0 Å². The summed E-state index contributed by atoms with van der Waals surface area (Å²) >= 11 is 4.86. The van der Waals surface area contributed by atoms with Crippen molar-refractivity contribution in [2.45, 2.75) is 51.3 Å². The predicted octanol–water partition coefficient (Wildman–Crippen LogP) is 6.95. The van der Waals surface area contributed by atoms with Crippen LogP contribution < -0.4 is 10.2 Å². The van der Waals surface area contributed by atoms with Gasteiger partial charge in [0, 0.05) is 24.6 Å². The molecule has 182 valence electrons. The second-order valence-corrected chi connectivity index (χ2v) is 10.4. The Hall–Kier alpha value is -2.25. The van der Waals surface area contributed by atoms with E-state index >= 15 is 0 Å². The number of nitrogens with one attached hydrogen (secondary N) is 1. The molecular weight excluding hydrogens is 459 g/mol. The van der Waals surface area contributed by atoms with Crippen LogP contribution in [0.15, 0.2) is 41.4 Å². The first-order chi connectivity index (χ1) is 16.0. The van der Waals surface area contributed by atoms with E-state index in [-0.39, 0.29) is 5.41 Å². The Kier molecular flexibility index (Phi) is 6.64. The zero-order valence-corrected chi connectivity index (χ0v) is 20.7. The average Bonchev–Trinajstić information content (AvgIpc) is 3.08. The number of para-hydroxylation sites is 2. The number of rotatable bonds is 4. The predicted molar refractivity (Wildman–Crippen MR) is 133 cm³/mol. The summed E-state index contributed by atoms with van der Waals surface area (Å²) in [5.74, 6) is 0. The summed E-state index contributed by atoms with van der Waals surface area (Å²) in [7, 11) is 1.62. The Morgan fingerprint density at radius 1 is 1.12 bits per heavy atom. The first kappa shape index (κ1) is 24.9. The number of hydrogen-bond donors (Lipinski definition) is 1. The SMILES string of the molecule is COC(c1ccc(C(F)(F)F)c2c1N(c1ccccc1N=C=S)CC21CCNCC1)C(C)(C)C. The largest absolute Gasteiger partial charge is 0.416 e. The molecule has 1 atom stereocenters. The van der Waals surface area contributed by atoms with E-state index in [1.165, 1.54) is 6.07 Å². The average molecular weight is 490 g/mol. The number of hydrogen-bond acceptors (Lipinski definition) is 5. The molecule has 0 amide bonds. The highest BCUT2D eigenvalue weighted by atomic mass is 32.1. The molecule has 8 heteroatoms. The maximum Gasteiger partial charge on any atom is 0.416 e. The highest BCUT2D eigenvalue weighted by Crippen LogP contribution is 2.57. The van der Waals surface area contributed by atoms with Gasteiger partial charge in [0.2, 0.25) is 0 Å². The normalized spacial score (nSPS) is 18.5. The van der Waals surface area contributed by atoms with E-state index in [9.17, 15) is 13.2 Å². The molecule has 1 N–H and O–H groups in total. The number of piperidine rings is 1. The lowest BCUT2D eigenvalue weighted by Crippen LogP contribution is -2.43. The van der Waals surface area contributed by atoms with Crippen LogP contribution in [0, 0.1) is 5.41 Å². The van der Waals surface area contributed by atoms with Crippen LogP contribution in [0.3, 0.4) is 0 Å². The fourth-order valence-electron chi connectivity index (χ4n) is 5.65. The second kappa shape index (κ2) is 9.08. The zero-order valence-electron chi connectivity index (χ0n) is 19.9. The van der Waals surface area contributed by atoms with Gasteiger partial charge in [-0.2, -0.15) is 18.2 Å². The Labute approximate surface area is 204 Å². The minimum absolute atomic E-state index is 0.329. The number of methoxy groups -OCH3 is 1. The number of fused-ring (bicyclic) bond motifs is 2. The number of thiocarbonyl (C=S) groups is 1. The van der Waals surface area contributed by atoms with Gasteiger partial charge in [0.25, 0.3) is 0 Å². The van der Waals surface area contributed by atoms with E-state index < -0.39 is 23.3 Å². The van der Waals surface area contributed by atoms with Crippen molar-refractivity contribution < 1.29 is 17.9 Å². The van der Waals surface area contributed by atoms with E-state index in [2.05, 4.69) is 15.5 Å². The van der Waals surface area contributed by atoms with Gasteiger partial charge < -0.3 is 15.0 Å². The third-order valence-corrected chi connectivity index (χ3v) is 7.07. The molecule has 34 heavy (non-hydrogen) atoms. The monoisotopic (exact) mass is 489 g/mol. The van der Waals surface area contributed by atoms with Gasteiger partial charge in [-0.15, -0.1) is 0 Å². The van der Waals surface area contributed by atoms with Gasteiger partial charge in [-0.3, -0.25) is 0 Å². The van der Waals surface area contributed by atoms with Gasteiger partial charge in [0.15, 0.2) is 0 Å². The number of nitrogens with zero attached hydrogens (tertiary/aromatic N) is 2. The first-order valence-corrected chi connectivity index (χ1v) is 11.9. The fourth-order valence-corrected chi connectivity index (χ4v) is 5.74. The van der Waals surface area contributed by atoms with Crippen LogP contribution in [0.25, 0.3) is 0 Å². The summed E-state index contributed by atoms with van der Waals surface area (Å²) < 4.78 is 49.3. The van der Waals surface area contributed by atoms with E-state index in [0.717, 1.165) is 11.3 Å². The summed E-state index contributed by atoms with van der Waals surface area (Å²) in [6.45, 7) is 7.89. The van der Waals surface area contributed by atoms with E-state index in [1.54, 1.807) is 13.2 Å². The van der Waals surface area contributed by atoms with Crippen molar-refractivity contribution >= 4 is 34.4 Å². The minimum Gasteiger partial charge on any atom is -0.376 e. The van der Waals surface area contributed by atoms with Crippen molar-refractivity contribution in [1.29, 1.82) is 0 Å². The Balaban J connectivity index is 2.09. The maximum atomic E-state index is 14.5. The highest BCUT2D eigenvalue weighted by Gasteiger charge is 2.51.